The molecule has 0 bridgehead atoms. The van der Waals surface area contributed by atoms with Crippen molar-refractivity contribution in [2.45, 2.75) is 70.8 Å². The number of carboxylic acids is 5. The van der Waals surface area contributed by atoms with Crippen molar-refractivity contribution < 1.29 is 59.1 Å². The second kappa shape index (κ2) is 20.3. The molecule has 0 rings (SSSR count). The molecular weight excluding hydrogens is 534 g/mol. The van der Waals surface area contributed by atoms with Gasteiger partial charge >= 0.3 is 29.8 Å². The molecule has 0 aliphatic rings. The maximum absolute atomic E-state index is 13.2. The minimum Gasteiger partial charge on any atom is -0.481 e. The summed E-state index contributed by atoms with van der Waals surface area (Å²) in [7, 11) is 0. The summed E-state index contributed by atoms with van der Waals surface area (Å²) in [5.74, 6) is -8.30. The number of Topliss-reactive ketones (excluding diaryl/α,β-unsaturated/α-hetero) is 1. The Morgan fingerprint density at radius 1 is 0.700 bits per heavy atom. The van der Waals surface area contributed by atoms with Crippen molar-refractivity contribution in [2.24, 2.45) is 5.92 Å². The van der Waals surface area contributed by atoms with E-state index in [2.05, 4.69) is 5.32 Å². The lowest BCUT2D eigenvalue weighted by atomic mass is 9.91. The Bertz CT molecular complexity index is 847. The maximum atomic E-state index is 13.2. The Morgan fingerprint density at radius 3 is 1.70 bits per heavy atom. The second-order valence-electron chi connectivity index (χ2n) is 9.50. The molecule has 1 amide bonds. The van der Waals surface area contributed by atoms with E-state index in [9.17, 15) is 48.9 Å². The summed E-state index contributed by atoms with van der Waals surface area (Å²) < 4.78 is 0. The van der Waals surface area contributed by atoms with Crippen molar-refractivity contribution in [1.29, 1.82) is 0 Å². The monoisotopic (exact) mass is 575 g/mol. The molecule has 0 saturated heterocycles. The number of amides is 1. The number of unbranched alkanes of at least 4 members (excludes halogenated alkanes) is 2. The fraction of sp³-hybridized carbons (Fsp3) is 0.720. The molecule has 15 heteroatoms. The average molecular weight is 576 g/mol. The van der Waals surface area contributed by atoms with Gasteiger partial charge in [-0.05, 0) is 38.6 Å². The van der Waals surface area contributed by atoms with Gasteiger partial charge in [0, 0.05) is 19.4 Å². The molecule has 2 atom stereocenters. The molecule has 0 spiro atoms. The summed E-state index contributed by atoms with van der Waals surface area (Å²) in [6, 6.07) is -1.23. The van der Waals surface area contributed by atoms with E-state index in [1.165, 1.54) is 4.90 Å². The largest absolute Gasteiger partial charge is 0.481 e. The van der Waals surface area contributed by atoms with Crippen LogP contribution in [0.5, 0.6) is 0 Å². The van der Waals surface area contributed by atoms with Crippen LogP contribution in [0.4, 0.5) is 0 Å². The summed E-state index contributed by atoms with van der Waals surface area (Å²) in [4.78, 5) is 83.4. The molecule has 0 aromatic heterocycles. The Morgan fingerprint density at radius 2 is 1.23 bits per heavy atom. The first-order valence-corrected chi connectivity index (χ1v) is 13.1. The second-order valence-corrected chi connectivity index (χ2v) is 9.50. The van der Waals surface area contributed by atoms with Crippen molar-refractivity contribution in [3.63, 3.8) is 0 Å². The molecule has 15 nitrogen and oxygen atoms in total. The fourth-order valence-electron chi connectivity index (χ4n) is 4.19. The van der Waals surface area contributed by atoms with Gasteiger partial charge in [-0.25, -0.2) is 0 Å². The van der Waals surface area contributed by atoms with E-state index in [-0.39, 0.29) is 38.1 Å². The molecule has 0 aromatic rings. The smallest absolute Gasteiger partial charge is 0.317 e. The zero-order valence-electron chi connectivity index (χ0n) is 22.7. The highest BCUT2D eigenvalue weighted by molar-refractivity contribution is 5.88. The first-order valence-electron chi connectivity index (χ1n) is 13.1. The molecular formula is C25H41N3O12. The van der Waals surface area contributed by atoms with Crippen molar-refractivity contribution in [3.05, 3.63) is 0 Å². The number of ketones is 1. The molecule has 0 saturated carbocycles. The van der Waals surface area contributed by atoms with Crippen LogP contribution in [0, 0.1) is 5.92 Å². The minimum atomic E-state index is -1.38. The molecule has 2 unspecified atom stereocenters. The number of hydrogen-bond donors (Lipinski definition) is 6. The van der Waals surface area contributed by atoms with E-state index in [4.69, 9.17) is 10.2 Å². The number of hydrogen-bond acceptors (Lipinski definition) is 9. The third-order valence-corrected chi connectivity index (χ3v) is 5.98. The van der Waals surface area contributed by atoms with E-state index in [1.54, 1.807) is 0 Å². The van der Waals surface area contributed by atoms with Gasteiger partial charge in [0.1, 0.15) is 0 Å². The first-order chi connectivity index (χ1) is 18.8. The van der Waals surface area contributed by atoms with E-state index in [0.717, 1.165) is 4.90 Å². The number of carbonyl (C=O) groups excluding carboxylic acids is 2. The lowest BCUT2D eigenvalue weighted by Gasteiger charge is -2.29. The quantitative estimate of drug-likeness (QED) is 0.0798. The third kappa shape index (κ3) is 17.8. The minimum absolute atomic E-state index is 0.0385. The Kier molecular flexibility index (Phi) is 18.5. The molecule has 40 heavy (non-hydrogen) atoms. The van der Waals surface area contributed by atoms with Gasteiger partial charge in [-0.3, -0.25) is 43.4 Å². The van der Waals surface area contributed by atoms with Gasteiger partial charge in [-0.15, -0.1) is 0 Å². The lowest BCUT2D eigenvalue weighted by Crippen LogP contribution is -2.47. The normalized spacial score (nSPS) is 12.6. The Hall–Kier alpha value is -3.59. The predicted molar refractivity (Wildman–Crippen MR) is 139 cm³/mol. The zero-order chi connectivity index (χ0) is 30.7. The van der Waals surface area contributed by atoms with Gasteiger partial charge in [0.15, 0.2) is 5.78 Å². The lowest BCUT2D eigenvalue weighted by molar-refractivity contribution is -0.148. The van der Waals surface area contributed by atoms with Crippen LogP contribution in [-0.4, -0.2) is 122 Å². The summed E-state index contributed by atoms with van der Waals surface area (Å²) >= 11 is 0. The SMILES string of the molecule is CCCC(=O)NCCCCC(CC(=O)C(CCCCN(CC(=O)O)CC(=O)O)N(CC(=O)O)CC(=O)O)C(=O)O. The highest BCUT2D eigenvalue weighted by Gasteiger charge is 2.32. The van der Waals surface area contributed by atoms with Crippen molar-refractivity contribution in [3.8, 4) is 0 Å². The summed E-state index contributed by atoms with van der Waals surface area (Å²) in [5.41, 5.74) is 0. The highest BCUT2D eigenvalue weighted by Crippen LogP contribution is 2.20. The van der Waals surface area contributed by atoms with Crippen molar-refractivity contribution >= 4 is 41.5 Å². The summed E-state index contributed by atoms with van der Waals surface area (Å²) in [6.07, 6.45) is 2.01. The van der Waals surface area contributed by atoms with Crippen molar-refractivity contribution in [1.82, 2.24) is 15.1 Å². The molecule has 0 aliphatic heterocycles. The first kappa shape index (κ1) is 36.4. The number of aliphatic carboxylic acids is 5. The van der Waals surface area contributed by atoms with Crippen LogP contribution in [0.3, 0.4) is 0 Å². The van der Waals surface area contributed by atoms with Gasteiger partial charge in [-0.1, -0.05) is 19.8 Å². The molecule has 228 valence electrons. The number of nitrogens with one attached hydrogen (secondary N) is 1. The van der Waals surface area contributed by atoms with Gasteiger partial charge in [0.05, 0.1) is 38.1 Å². The molecule has 0 aromatic carbocycles. The van der Waals surface area contributed by atoms with Gasteiger partial charge in [0.25, 0.3) is 0 Å². The fourth-order valence-corrected chi connectivity index (χ4v) is 4.19. The maximum Gasteiger partial charge on any atom is 0.317 e. The van der Waals surface area contributed by atoms with E-state index in [1.807, 2.05) is 6.92 Å². The Labute approximate surface area is 232 Å². The summed E-state index contributed by atoms with van der Waals surface area (Å²) in [6.45, 7) is -0.340. The highest BCUT2D eigenvalue weighted by atomic mass is 16.4. The molecule has 0 radical (unpaired) electrons. The topological polar surface area (TPSA) is 239 Å². The van der Waals surface area contributed by atoms with Gasteiger partial charge in [-0.2, -0.15) is 0 Å². The van der Waals surface area contributed by atoms with E-state index < -0.39 is 80.2 Å². The third-order valence-electron chi connectivity index (χ3n) is 5.98. The number of carbonyl (C=O) groups is 7. The standard InChI is InChI=1S/C25H41N3O12/c1-2-7-20(30)26-10-5-3-8-17(25(39)40)12-19(29)18(28(15-23(35)36)16-24(37)38)9-4-6-11-27(13-21(31)32)14-22(33)34/h17-18H,2-16H2,1H3,(H,26,30)(H,31,32)(H,33,34)(H,35,36)(H,37,38)(H,39,40). The van der Waals surface area contributed by atoms with Crippen LogP contribution in [-0.2, 0) is 33.6 Å². The van der Waals surface area contributed by atoms with Crippen LogP contribution in [0.25, 0.3) is 0 Å². The Balaban J connectivity index is 5.39. The number of rotatable bonds is 25. The van der Waals surface area contributed by atoms with Crippen molar-refractivity contribution in [2.75, 3.05) is 39.3 Å². The predicted octanol–water partition coefficient (Wildman–Crippen LogP) is 0.214. The number of carboxylic acid groups (broad SMARTS) is 5. The molecule has 6 N–H and O–H groups in total. The zero-order valence-corrected chi connectivity index (χ0v) is 22.7. The molecule has 0 fully saturated rings. The van der Waals surface area contributed by atoms with Crippen LogP contribution in [0.15, 0.2) is 0 Å². The van der Waals surface area contributed by atoms with E-state index >= 15 is 0 Å². The van der Waals surface area contributed by atoms with Crippen LogP contribution >= 0.6 is 0 Å². The van der Waals surface area contributed by atoms with Gasteiger partial charge in [0.2, 0.25) is 5.91 Å². The molecule has 0 aliphatic carbocycles. The van der Waals surface area contributed by atoms with Gasteiger partial charge < -0.3 is 30.8 Å². The van der Waals surface area contributed by atoms with E-state index in [0.29, 0.717) is 32.2 Å². The number of nitrogens with zero attached hydrogens (tertiary/aromatic N) is 2. The van der Waals surface area contributed by atoms with Crippen LogP contribution in [0.1, 0.15) is 64.7 Å². The van der Waals surface area contributed by atoms with Crippen LogP contribution in [0.2, 0.25) is 0 Å². The van der Waals surface area contributed by atoms with Crippen LogP contribution < -0.4 is 5.32 Å². The molecule has 0 heterocycles. The summed E-state index contributed by atoms with van der Waals surface area (Å²) in [5, 5.41) is 48.8. The average Bonchev–Trinajstić information content (AvgIpc) is 2.81.